The lowest BCUT2D eigenvalue weighted by molar-refractivity contribution is -0.168. The van der Waals surface area contributed by atoms with E-state index in [1.807, 2.05) is 39.8 Å². The number of unbranched alkanes of at least 4 members (excludes halogenated alkanes) is 24. The second kappa shape index (κ2) is 39.3. The van der Waals surface area contributed by atoms with Crippen LogP contribution in [0.5, 0.6) is 5.75 Å². The van der Waals surface area contributed by atoms with Crippen molar-refractivity contribution in [2.45, 2.75) is 252 Å². The van der Waals surface area contributed by atoms with Crippen LogP contribution < -0.4 is 10.1 Å². The van der Waals surface area contributed by atoms with Crippen molar-refractivity contribution >= 4 is 35.5 Å². The summed E-state index contributed by atoms with van der Waals surface area (Å²) in [6.07, 6.45) is 29.9. The number of rotatable bonds is 42. The standard InChI is InChI=1S/C53H92ClNO9/c1-7-9-11-13-15-17-19-21-23-25-27-29-31-33-49(56)61-42-46(43-62-50(57)34-32-30-28-26-24-22-20-18-16-14-12-10-8-2)64-52(59)38-37-51(58)63-45(40-55-53(4,5)6)41-60-48-39-44(3)35-36-47(48)54/h35-36,39,45-46,55H,7-34,37-38,40-43H2,1-6H3. The highest BCUT2D eigenvalue weighted by molar-refractivity contribution is 6.32. The summed E-state index contributed by atoms with van der Waals surface area (Å²) in [7, 11) is 0. The molecule has 0 spiro atoms. The predicted molar refractivity (Wildman–Crippen MR) is 261 cm³/mol. The second-order valence-electron chi connectivity index (χ2n) is 19.0. The van der Waals surface area contributed by atoms with E-state index in [-0.39, 0.29) is 63.0 Å². The highest BCUT2D eigenvalue weighted by atomic mass is 35.5. The van der Waals surface area contributed by atoms with Crippen LogP contribution in [0.4, 0.5) is 0 Å². The number of halogens is 1. The minimum Gasteiger partial charge on any atom is -0.488 e. The molecule has 1 rings (SSSR count). The zero-order valence-electron chi connectivity index (χ0n) is 41.5. The molecule has 1 aromatic carbocycles. The van der Waals surface area contributed by atoms with Crippen molar-refractivity contribution < 1.29 is 42.9 Å². The van der Waals surface area contributed by atoms with E-state index >= 15 is 0 Å². The average Bonchev–Trinajstić information content (AvgIpc) is 3.26. The molecule has 0 bridgehead atoms. The van der Waals surface area contributed by atoms with Crippen molar-refractivity contribution in [3.63, 3.8) is 0 Å². The molecule has 0 fully saturated rings. The lowest BCUT2D eigenvalue weighted by Crippen LogP contribution is -2.44. The minimum atomic E-state index is -0.995. The van der Waals surface area contributed by atoms with Crippen LogP contribution >= 0.6 is 11.6 Å². The first-order chi connectivity index (χ1) is 30.8. The van der Waals surface area contributed by atoms with Crippen LogP contribution in [0.2, 0.25) is 5.02 Å². The molecule has 0 aliphatic carbocycles. The van der Waals surface area contributed by atoms with E-state index in [4.69, 9.17) is 35.3 Å². The Kier molecular flexibility index (Phi) is 36.4. The van der Waals surface area contributed by atoms with Crippen LogP contribution in [0.15, 0.2) is 18.2 Å². The summed E-state index contributed by atoms with van der Waals surface area (Å²) in [6, 6.07) is 5.45. The summed E-state index contributed by atoms with van der Waals surface area (Å²) in [6.45, 7) is 12.3. The highest BCUT2D eigenvalue weighted by Gasteiger charge is 2.23. The predicted octanol–water partition coefficient (Wildman–Crippen LogP) is 14.1. The van der Waals surface area contributed by atoms with Crippen molar-refractivity contribution in [2.24, 2.45) is 0 Å². The Bertz CT molecular complexity index is 1300. The third kappa shape index (κ3) is 36.4. The largest absolute Gasteiger partial charge is 0.488 e. The van der Waals surface area contributed by atoms with Crippen LogP contribution in [0.1, 0.15) is 233 Å². The van der Waals surface area contributed by atoms with E-state index in [9.17, 15) is 19.2 Å². The van der Waals surface area contributed by atoms with Crippen molar-refractivity contribution in [2.75, 3.05) is 26.4 Å². The van der Waals surface area contributed by atoms with Gasteiger partial charge in [-0.25, -0.2) is 0 Å². The first kappa shape index (κ1) is 59.2. The van der Waals surface area contributed by atoms with Crippen molar-refractivity contribution in [3.8, 4) is 5.75 Å². The minimum absolute atomic E-state index is 0.0554. The van der Waals surface area contributed by atoms with Crippen LogP contribution in [0.25, 0.3) is 0 Å². The molecule has 1 unspecified atom stereocenters. The number of carbonyl (C=O) groups excluding carboxylic acids is 4. The number of benzene rings is 1. The summed E-state index contributed by atoms with van der Waals surface area (Å²) < 4.78 is 28.3. The Hall–Kier alpha value is -2.85. The third-order valence-corrected chi connectivity index (χ3v) is 11.6. The normalized spacial score (nSPS) is 12.0. The first-order valence-electron chi connectivity index (χ1n) is 25.7. The molecule has 0 aliphatic rings. The van der Waals surface area contributed by atoms with Gasteiger partial charge in [-0.1, -0.05) is 186 Å². The van der Waals surface area contributed by atoms with E-state index in [0.717, 1.165) is 44.1 Å². The van der Waals surface area contributed by atoms with E-state index in [0.29, 0.717) is 17.3 Å². The number of nitrogens with one attached hydrogen (secondary N) is 1. The van der Waals surface area contributed by atoms with Crippen LogP contribution in [-0.4, -0.2) is 68.0 Å². The van der Waals surface area contributed by atoms with Crippen molar-refractivity contribution in [3.05, 3.63) is 28.8 Å². The monoisotopic (exact) mass is 922 g/mol. The highest BCUT2D eigenvalue weighted by Crippen LogP contribution is 2.26. The fraction of sp³-hybridized carbons (Fsp3) is 0.811. The molecule has 1 atom stereocenters. The quantitative estimate of drug-likeness (QED) is 0.0385. The molecule has 370 valence electrons. The Labute approximate surface area is 395 Å². The number of ether oxygens (including phenoxy) is 5. The van der Waals surface area contributed by atoms with Gasteiger partial charge in [-0.15, -0.1) is 0 Å². The topological polar surface area (TPSA) is 126 Å². The Morgan fingerprint density at radius 2 is 0.891 bits per heavy atom. The zero-order chi connectivity index (χ0) is 47.1. The number of hydrogen-bond acceptors (Lipinski definition) is 10. The molecule has 0 aliphatic heterocycles. The summed E-state index contributed by atoms with van der Waals surface area (Å²) in [5.74, 6) is -1.55. The van der Waals surface area contributed by atoms with Gasteiger partial charge in [0.1, 0.15) is 31.7 Å². The first-order valence-corrected chi connectivity index (χ1v) is 26.0. The smallest absolute Gasteiger partial charge is 0.306 e. The molecule has 11 heteroatoms. The van der Waals surface area contributed by atoms with Gasteiger partial charge >= 0.3 is 23.9 Å². The maximum atomic E-state index is 13.0. The maximum Gasteiger partial charge on any atom is 0.306 e. The lowest BCUT2D eigenvalue weighted by Gasteiger charge is -2.25. The molecule has 64 heavy (non-hydrogen) atoms. The van der Waals surface area contributed by atoms with Crippen LogP contribution in [0, 0.1) is 6.92 Å². The van der Waals surface area contributed by atoms with Gasteiger partial charge in [0.15, 0.2) is 6.10 Å². The number of carbonyl (C=O) groups is 4. The molecule has 0 radical (unpaired) electrons. The fourth-order valence-corrected chi connectivity index (χ4v) is 7.53. The van der Waals surface area contributed by atoms with Crippen LogP contribution in [-0.2, 0) is 38.1 Å². The van der Waals surface area contributed by atoms with Gasteiger partial charge in [0.05, 0.1) is 17.9 Å². The summed E-state index contributed by atoms with van der Waals surface area (Å²) >= 11 is 6.32. The summed E-state index contributed by atoms with van der Waals surface area (Å²) in [5.41, 5.74) is 0.739. The van der Waals surface area contributed by atoms with E-state index < -0.39 is 24.1 Å². The van der Waals surface area contributed by atoms with E-state index in [2.05, 4.69) is 19.2 Å². The molecular formula is C53H92ClNO9. The molecule has 0 heterocycles. The van der Waals surface area contributed by atoms with E-state index in [1.165, 1.54) is 128 Å². The fourth-order valence-electron chi connectivity index (χ4n) is 7.36. The molecule has 0 saturated heterocycles. The van der Waals surface area contributed by atoms with Gasteiger partial charge in [-0.3, -0.25) is 19.2 Å². The van der Waals surface area contributed by atoms with Crippen LogP contribution in [0.3, 0.4) is 0 Å². The molecular weight excluding hydrogens is 830 g/mol. The molecule has 10 nitrogen and oxygen atoms in total. The maximum absolute atomic E-state index is 13.0. The van der Waals surface area contributed by atoms with Gasteiger partial charge in [-0.05, 0) is 58.2 Å². The zero-order valence-corrected chi connectivity index (χ0v) is 42.2. The molecule has 0 aromatic heterocycles. The summed E-state index contributed by atoms with van der Waals surface area (Å²) in [5, 5.41) is 3.78. The molecule has 0 saturated carbocycles. The van der Waals surface area contributed by atoms with Gasteiger partial charge in [0.2, 0.25) is 0 Å². The average molecular weight is 923 g/mol. The van der Waals surface area contributed by atoms with E-state index in [1.54, 1.807) is 6.07 Å². The van der Waals surface area contributed by atoms with Gasteiger partial charge in [0.25, 0.3) is 0 Å². The second-order valence-corrected chi connectivity index (χ2v) is 19.4. The summed E-state index contributed by atoms with van der Waals surface area (Å²) in [4.78, 5) is 51.4. The van der Waals surface area contributed by atoms with Gasteiger partial charge in [-0.2, -0.15) is 0 Å². The number of esters is 4. The van der Waals surface area contributed by atoms with Crippen molar-refractivity contribution in [1.82, 2.24) is 5.32 Å². The van der Waals surface area contributed by atoms with Crippen molar-refractivity contribution in [1.29, 1.82) is 0 Å². The number of aryl methyl sites for hydroxylation is 1. The molecule has 1 aromatic rings. The Morgan fingerprint density at radius 3 is 1.28 bits per heavy atom. The molecule has 0 amide bonds. The molecule has 1 N–H and O–H groups in total. The Morgan fingerprint density at radius 1 is 0.516 bits per heavy atom. The van der Waals surface area contributed by atoms with Gasteiger partial charge in [0, 0.05) is 24.9 Å². The third-order valence-electron chi connectivity index (χ3n) is 11.3. The lowest BCUT2D eigenvalue weighted by atomic mass is 10.0. The van der Waals surface area contributed by atoms with Gasteiger partial charge < -0.3 is 29.0 Å². The SMILES string of the molecule is CCCCCCCCCCCCCCCC(=O)OCC(COC(=O)CCCCCCCCCCCCCCC)OC(=O)CCC(=O)OC(CNC(C)(C)C)COc1cc(C)ccc1Cl. The Balaban J connectivity index is 2.58. The number of hydrogen-bond donors (Lipinski definition) is 1.